The van der Waals surface area contributed by atoms with Crippen molar-refractivity contribution in [1.29, 1.82) is 0 Å². The standard InChI is InChI=1S/C60H40N2O/c1-4-14-41(15-5-1)43-24-30-48(31-25-43)61(50-34-37-60-56(40-50)54-21-11-13-23-59(54)63-60)49-32-26-44(27-33-49)51-35-28-45(42-16-6-2-7-17-42)38-55(51)46-29-36-53-52-20-10-12-22-57(52)62(58(53)39-46)47-18-8-3-9-19-47/h1-40H. The summed E-state index contributed by atoms with van der Waals surface area (Å²) >= 11 is 0. The number of rotatable bonds is 8. The lowest BCUT2D eigenvalue weighted by Crippen LogP contribution is -2.09. The molecule has 0 bridgehead atoms. The molecule has 0 saturated carbocycles. The van der Waals surface area contributed by atoms with Crippen LogP contribution in [0, 0.1) is 0 Å². The summed E-state index contributed by atoms with van der Waals surface area (Å²) in [4.78, 5) is 2.34. The Morgan fingerprint density at radius 3 is 1.54 bits per heavy atom. The van der Waals surface area contributed by atoms with E-state index in [9.17, 15) is 0 Å². The first kappa shape index (κ1) is 36.5. The van der Waals surface area contributed by atoms with Crippen molar-refractivity contribution in [2.45, 2.75) is 0 Å². The van der Waals surface area contributed by atoms with Crippen molar-refractivity contribution in [2.24, 2.45) is 0 Å². The van der Waals surface area contributed by atoms with Crippen molar-refractivity contribution >= 4 is 60.8 Å². The predicted molar refractivity (Wildman–Crippen MR) is 264 cm³/mol. The molecule has 0 aliphatic rings. The van der Waals surface area contributed by atoms with Crippen molar-refractivity contribution in [3.63, 3.8) is 0 Å². The summed E-state index contributed by atoms with van der Waals surface area (Å²) in [5, 5.41) is 4.69. The molecule has 12 aromatic rings. The lowest BCUT2D eigenvalue weighted by atomic mass is 9.90. The highest BCUT2D eigenvalue weighted by Crippen LogP contribution is 2.43. The molecule has 0 aliphatic carbocycles. The second-order valence-electron chi connectivity index (χ2n) is 16.1. The quantitative estimate of drug-likeness (QED) is 0.153. The van der Waals surface area contributed by atoms with Gasteiger partial charge in [-0.3, -0.25) is 0 Å². The van der Waals surface area contributed by atoms with Crippen molar-refractivity contribution in [1.82, 2.24) is 4.57 Å². The molecule has 0 spiro atoms. The maximum absolute atomic E-state index is 6.26. The maximum atomic E-state index is 6.26. The van der Waals surface area contributed by atoms with Crippen LogP contribution in [0.25, 0.3) is 93.9 Å². The molecule has 0 radical (unpaired) electrons. The average Bonchev–Trinajstić information content (AvgIpc) is 3.90. The highest BCUT2D eigenvalue weighted by atomic mass is 16.3. The number of para-hydroxylation sites is 3. The zero-order valence-electron chi connectivity index (χ0n) is 34.4. The van der Waals surface area contributed by atoms with Gasteiger partial charge in [-0.15, -0.1) is 0 Å². The van der Waals surface area contributed by atoms with Gasteiger partial charge in [-0.2, -0.15) is 0 Å². The Kier molecular flexibility index (Phi) is 8.83. The fourth-order valence-electron chi connectivity index (χ4n) is 9.36. The minimum Gasteiger partial charge on any atom is -0.456 e. The lowest BCUT2D eigenvalue weighted by molar-refractivity contribution is 0.669. The van der Waals surface area contributed by atoms with Crippen LogP contribution in [-0.2, 0) is 0 Å². The predicted octanol–water partition coefficient (Wildman–Crippen LogP) is 16.8. The van der Waals surface area contributed by atoms with E-state index in [0.717, 1.165) is 50.3 Å². The zero-order valence-corrected chi connectivity index (χ0v) is 34.4. The second kappa shape index (κ2) is 15.3. The molecule has 2 heterocycles. The van der Waals surface area contributed by atoms with Crippen LogP contribution < -0.4 is 4.90 Å². The molecule has 0 saturated heterocycles. The first-order chi connectivity index (χ1) is 31.2. The van der Waals surface area contributed by atoms with E-state index in [1.54, 1.807) is 0 Å². The summed E-state index contributed by atoms with van der Waals surface area (Å²) in [5.74, 6) is 0. The molecule has 0 aliphatic heterocycles. The molecular formula is C60H40N2O. The van der Waals surface area contributed by atoms with Crippen LogP contribution >= 0.6 is 0 Å². The Morgan fingerprint density at radius 1 is 0.286 bits per heavy atom. The molecule has 0 unspecified atom stereocenters. The van der Waals surface area contributed by atoms with Crippen LogP contribution in [0.4, 0.5) is 17.1 Å². The smallest absolute Gasteiger partial charge is 0.135 e. The normalized spacial score (nSPS) is 11.5. The van der Waals surface area contributed by atoms with Gasteiger partial charge < -0.3 is 13.9 Å². The Hall–Kier alpha value is -8.40. The second-order valence-corrected chi connectivity index (χ2v) is 16.1. The molecular weight excluding hydrogens is 765 g/mol. The number of furan rings is 1. The van der Waals surface area contributed by atoms with Gasteiger partial charge in [0.1, 0.15) is 11.2 Å². The van der Waals surface area contributed by atoms with E-state index < -0.39 is 0 Å². The highest BCUT2D eigenvalue weighted by molar-refractivity contribution is 6.11. The van der Waals surface area contributed by atoms with Gasteiger partial charge in [0.25, 0.3) is 0 Å². The fraction of sp³-hybridized carbons (Fsp3) is 0. The van der Waals surface area contributed by atoms with Gasteiger partial charge in [-0.25, -0.2) is 0 Å². The minimum atomic E-state index is 0.878. The van der Waals surface area contributed by atoms with E-state index >= 15 is 0 Å². The zero-order chi connectivity index (χ0) is 41.7. The third kappa shape index (κ3) is 6.46. The molecule has 0 atom stereocenters. The van der Waals surface area contributed by atoms with Gasteiger partial charge in [0, 0.05) is 44.3 Å². The first-order valence-corrected chi connectivity index (χ1v) is 21.5. The number of fused-ring (bicyclic) bond motifs is 6. The van der Waals surface area contributed by atoms with Gasteiger partial charge in [0.2, 0.25) is 0 Å². The molecule has 3 heteroatoms. The summed E-state index contributed by atoms with van der Waals surface area (Å²) in [5.41, 5.74) is 17.9. The number of benzene rings is 10. The number of hydrogen-bond acceptors (Lipinski definition) is 2. The topological polar surface area (TPSA) is 21.3 Å². The number of nitrogens with zero attached hydrogens (tertiary/aromatic N) is 2. The Balaban J connectivity index is 1.00. The summed E-state index contributed by atoms with van der Waals surface area (Å²) in [6.07, 6.45) is 0. The molecule has 3 nitrogen and oxygen atoms in total. The van der Waals surface area contributed by atoms with Crippen molar-refractivity contribution < 1.29 is 4.42 Å². The highest BCUT2D eigenvalue weighted by Gasteiger charge is 2.19. The fourth-order valence-corrected chi connectivity index (χ4v) is 9.36. The first-order valence-electron chi connectivity index (χ1n) is 21.5. The largest absolute Gasteiger partial charge is 0.456 e. The van der Waals surface area contributed by atoms with Crippen LogP contribution in [0.15, 0.2) is 247 Å². The van der Waals surface area contributed by atoms with Crippen LogP contribution in [0.1, 0.15) is 0 Å². The minimum absolute atomic E-state index is 0.878. The summed E-state index contributed by atoms with van der Waals surface area (Å²) < 4.78 is 8.66. The molecule has 12 rings (SSSR count). The maximum Gasteiger partial charge on any atom is 0.135 e. The lowest BCUT2D eigenvalue weighted by Gasteiger charge is -2.26. The Morgan fingerprint density at radius 2 is 0.810 bits per heavy atom. The number of anilines is 3. The summed E-state index contributed by atoms with van der Waals surface area (Å²) in [6.45, 7) is 0. The molecule has 63 heavy (non-hydrogen) atoms. The van der Waals surface area contributed by atoms with E-state index in [1.807, 2.05) is 12.1 Å². The van der Waals surface area contributed by atoms with E-state index in [2.05, 4.69) is 240 Å². The van der Waals surface area contributed by atoms with Crippen LogP contribution in [0.2, 0.25) is 0 Å². The van der Waals surface area contributed by atoms with Gasteiger partial charge in [-0.1, -0.05) is 164 Å². The van der Waals surface area contributed by atoms with Gasteiger partial charge in [0.05, 0.1) is 11.0 Å². The van der Waals surface area contributed by atoms with Crippen molar-refractivity contribution in [2.75, 3.05) is 4.90 Å². The van der Waals surface area contributed by atoms with Crippen LogP contribution in [0.5, 0.6) is 0 Å². The Bertz CT molecular complexity index is 3590. The molecule has 0 N–H and O–H groups in total. The Labute approximate surface area is 366 Å². The van der Waals surface area contributed by atoms with Crippen molar-refractivity contribution in [3.05, 3.63) is 243 Å². The summed E-state index contributed by atoms with van der Waals surface area (Å²) in [7, 11) is 0. The molecule has 296 valence electrons. The SMILES string of the molecule is c1ccc(-c2ccc(N(c3ccc(-c4ccc(-c5ccccc5)cc4-c4ccc5c6ccccc6n(-c6ccccc6)c5c4)cc3)c3ccc4oc5ccccc5c4c3)cc2)cc1. The van der Waals surface area contributed by atoms with Crippen LogP contribution in [0.3, 0.4) is 0 Å². The van der Waals surface area contributed by atoms with Gasteiger partial charge in [-0.05, 0) is 123 Å². The number of hydrogen-bond donors (Lipinski definition) is 0. The molecule has 10 aromatic carbocycles. The third-order valence-corrected chi connectivity index (χ3v) is 12.4. The molecule has 0 fully saturated rings. The van der Waals surface area contributed by atoms with E-state index in [1.165, 1.54) is 60.8 Å². The monoisotopic (exact) mass is 804 g/mol. The molecule has 0 amide bonds. The van der Waals surface area contributed by atoms with Gasteiger partial charge >= 0.3 is 0 Å². The van der Waals surface area contributed by atoms with E-state index in [0.29, 0.717) is 0 Å². The average molecular weight is 805 g/mol. The van der Waals surface area contributed by atoms with Gasteiger partial charge in [0.15, 0.2) is 0 Å². The molecule has 2 aromatic heterocycles. The van der Waals surface area contributed by atoms with Crippen LogP contribution in [-0.4, -0.2) is 4.57 Å². The van der Waals surface area contributed by atoms with E-state index in [-0.39, 0.29) is 0 Å². The van der Waals surface area contributed by atoms with Crippen molar-refractivity contribution in [3.8, 4) is 50.2 Å². The number of aromatic nitrogens is 1. The summed E-state index contributed by atoms with van der Waals surface area (Å²) in [6, 6.07) is 87.2. The van der Waals surface area contributed by atoms with E-state index in [4.69, 9.17) is 4.42 Å². The third-order valence-electron chi connectivity index (χ3n) is 12.4.